The summed E-state index contributed by atoms with van der Waals surface area (Å²) in [7, 11) is 0. The maximum absolute atomic E-state index is 13.4. The van der Waals surface area contributed by atoms with Crippen LogP contribution in [0.3, 0.4) is 0 Å². The van der Waals surface area contributed by atoms with E-state index in [4.69, 9.17) is 16.3 Å². The van der Waals surface area contributed by atoms with Crippen LogP contribution in [-0.4, -0.2) is 23.0 Å². The molecule has 1 aliphatic heterocycles. The van der Waals surface area contributed by atoms with Crippen LogP contribution in [0.4, 0.5) is 0 Å². The highest BCUT2D eigenvalue weighted by molar-refractivity contribution is 6.30. The minimum Gasteiger partial charge on any atom is -0.362 e. The van der Waals surface area contributed by atoms with Gasteiger partial charge in [0.2, 0.25) is 0 Å². The van der Waals surface area contributed by atoms with E-state index in [1.807, 2.05) is 47.4 Å². The van der Waals surface area contributed by atoms with Gasteiger partial charge in [0.15, 0.2) is 6.10 Å². The molecule has 4 heteroatoms. The third-order valence-corrected chi connectivity index (χ3v) is 7.53. The fraction of sp³-hybridized carbons (Fsp3) is 0.519. The van der Waals surface area contributed by atoms with Crippen molar-refractivity contribution in [3.05, 3.63) is 70.7 Å². The molecule has 1 saturated heterocycles. The van der Waals surface area contributed by atoms with Crippen LogP contribution in [0.2, 0.25) is 5.02 Å². The SMILES string of the molecule is CC(C)[C@@H]1CC[C@@H](C)C[C@H]1O[C@@H]1C(=O)N([C@@H](C)c2ccccc2)[C@@H]1c1ccc(Cl)cc1. The second-order valence-corrected chi connectivity index (χ2v) is 10.2. The molecule has 2 aromatic rings. The van der Waals surface area contributed by atoms with E-state index in [9.17, 15) is 4.79 Å². The molecular formula is C27H34ClNO2. The van der Waals surface area contributed by atoms with E-state index >= 15 is 0 Å². The highest BCUT2D eigenvalue weighted by Gasteiger charge is 2.53. The third kappa shape index (κ3) is 4.54. The molecule has 166 valence electrons. The average molecular weight is 440 g/mol. The molecule has 0 bridgehead atoms. The van der Waals surface area contributed by atoms with Crippen LogP contribution in [0, 0.1) is 17.8 Å². The summed E-state index contributed by atoms with van der Waals surface area (Å²) >= 11 is 6.15. The number of nitrogens with zero attached hydrogens (tertiary/aromatic N) is 1. The van der Waals surface area contributed by atoms with Gasteiger partial charge in [0, 0.05) is 5.02 Å². The van der Waals surface area contributed by atoms with E-state index in [0.717, 1.165) is 17.5 Å². The number of β-lactam (4-membered cyclic amide) rings is 1. The minimum atomic E-state index is -0.427. The predicted octanol–water partition coefficient (Wildman–Crippen LogP) is 6.83. The van der Waals surface area contributed by atoms with Gasteiger partial charge in [-0.05, 0) is 60.8 Å². The number of rotatable bonds is 6. The summed E-state index contributed by atoms with van der Waals surface area (Å²) in [6, 6.07) is 18.0. The fourth-order valence-electron chi connectivity index (χ4n) is 5.39. The first-order chi connectivity index (χ1) is 14.9. The van der Waals surface area contributed by atoms with Crippen LogP contribution in [0.1, 0.15) is 70.2 Å². The van der Waals surface area contributed by atoms with Gasteiger partial charge >= 0.3 is 0 Å². The average Bonchev–Trinajstić information content (AvgIpc) is 2.76. The highest BCUT2D eigenvalue weighted by atomic mass is 35.5. The van der Waals surface area contributed by atoms with Gasteiger partial charge in [-0.3, -0.25) is 4.79 Å². The molecule has 0 unspecified atom stereocenters. The van der Waals surface area contributed by atoms with Crippen LogP contribution >= 0.6 is 11.6 Å². The van der Waals surface area contributed by atoms with Crippen molar-refractivity contribution in [1.82, 2.24) is 4.90 Å². The lowest BCUT2D eigenvalue weighted by Gasteiger charge is -2.52. The Balaban J connectivity index is 1.62. The van der Waals surface area contributed by atoms with Crippen molar-refractivity contribution in [2.45, 2.75) is 71.2 Å². The Kier molecular flexibility index (Phi) is 6.74. The van der Waals surface area contributed by atoms with Crippen molar-refractivity contribution in [2.75, 3.05) is 0 Å². The summed E-state index contributed by atoms with van der Waals surface area (Å²) in [5, 5.41) is 0.704. The molecule has 3 nitrogen and oxygen atoms in total. The van der Waals surface area contributed by atoms with E-state index in [-0.39, 0.29) is 24.1 Å². The number of carbonyl (C=O) groups is 1. The van der Waals surface area contributed by atoms with Crippen LogP contribution in [0.25, 0.3) is 0 Å². The predicted molar refractivity (Wildman–Crippen MR) is 126 cm³/mol. The molecule has 0 aromatic heterocycles. The molecule has 0 spiro atoms. The van der Waals surface area contributed by atoms with Crippen molar-refractivity contribution in [2.24, 2.45) is 17.8 Å². The molecule has 0 radical (unpaired) electrons. The first kappa shape index (κ1) is 22.4. The van der Waals surface area contributed by atoms with Crippen molar-refractivity contribution >= 4 is 17.5 Å². The Morgan fingerprint density at radius 2 is 1.68 bits per heavy atom. The zero-order valence-corrected chi connectivity index (χ0v) is 19.8. The molecule has 31 heavy (non-hydrogen) atoms. The number of ether oxygens (including phenoxy) is 1. The molecule has 2 aliphatic rings. The summed E-state index contributed by atoms with van der Waals surface area (Å²) in [5.74, 6) is 1.80. The van der Waals surface area contributed by atoms with Gasteiger partial charge in [-0.1, -0.05) is 81.3 Å². The first-order valence-electron chi connectivity index (χ1n) is 11.6. The van der Waals surface area contributed by atoms with Crippen LogP contribution < -0.4 is 0 Å². The summed E-state index contributed by atoms with van der Waals surface area (Å²) in [5.41, 5.74) is 2.22. The second kappa shape index (κ2) is 9.34. The maximum atomic E-state index is 13.4. The highest BCUT2D eigenvalue weighted by Crippen LogP contribution is 2.46. The lowest BCUT2D eigenvalue weighted by molar-refractivity contribution is -0.196. The molecule has 2 fully saturated rings. The van der Waals surface area contributed by atoms with Crippen LogP contribution in [-0.2, 0) is 9.53 Å². The lowest BCUT2D eigenvalue weighted by atomic mass is 9.75. The number of benzene rings is 2. The first-order valence-corrected chi connectivity index (χ1v) is 12.0. The quantitative estimate of drug-likeness (QED) is 0.461. The lowest BCUT2D eigenvalue weighted by Crippen LogP contribution is -2.61. The number of hydrogen-bond acceptors (Lipinski definition) is 2. The molecular weight excluding hydrogens is 406 g/mol. The standard InChI is InChI=1S/C27H34ClNO2/c1-17(2)23-15-10-18(3)16-24(23)31-26-25(21-11-13-22(28)14-12-21)29(27(26)30)19(4)20-8-6-5-7-9-20/h5-9,11-14,17-19,23-26H,10,15-16H2,1-4H3/t18-,19+,23+,24-,25-,26+/m1/s1. The van der Waals surface area contributed by atoms with Crippen molar-refractivity contribution in [3.63, 3.8) is 0 Å². The van der Waals surface area contributed by atoms with Gasteiger partial charge in [0.1, 0.15) is 0 Å². The van der Waals surface area contributed by atoms with Crippen LogP contribution in [0.15, 0.2) is 54.6 Å². The Labute approximate surface area is 191 Å². The molecule has 4 rings (SSSR count). The van der Waals surface area contributed by atoms with Crippen molar-refractivity contribution in [3.8, 4) is 0 Å². The molecule has 1 heterocycles. The Morgan fingerprint density at radius 1 is 1.00 bits per heavy atom. The van der Waals surface area contributed by atoms with E-state index in [1.165, 1.54) is 12.8 Å². The van der Waals surface area contributed by atoms with Crippen molar-refractivity contribution in [1.29, 1.82) is 0 Å². The summed E-state index contributed by atoms with van der Waals surface area (Å²) in [6.45, 7) is 8.96. The normalized spacial score (nSPS) is 29.7. The summed E-state index contributed by atoms with van der Waals surface area (Å²) < 4.78 is 6.67. The van der Waals surface area contributed by atoms with Crippen molar-refractivity contribution < 1.29 is 9.53 Å². The number of hydrogen-bond donors (Lipinski definition) is 0. The molecule has 0 N–H and O–H groups in total. The van der Waals surface area contributed by atoms with E-state index in [0.29, 0.717) is 22.8 Å². The van der Waals surface area contributed by atoms with E-state index < -0.39 is 6.10 Å². The largest absolute Gasteiger partial charge is 0.362 e. The summed E-state index contributed by atoms with van der Waals surface area (Å²) in [6.07, 6.45) is 3.18. The van der Waals surface area contributed by atoms with E-state index in [1.54, 1.807) is 0 Å². The number of likely N-dealkylation sites (tertiary alicyclic amines) is 1. The molecule has 6 atom stereocenters. The van der Waals surface area contributed by atoms with Gasteiger partial charge in [0.05, 0.1) is 18.2 Å². The maximum Gasteiger partial charge on any atom is 0.255 e. The Morgan fingerprint density at radius 3 is 2.32 bits per heavy atom. The molecule has 1 aliphatic carbocycles. The smallest absolute Gasteiger partial charge is 0.255 e. The number of carbonyl (C=O) groups excluding carboxylic acids is 1. The van der Waals surface area contributed by atoms with Crippen LogP contribution in [0.5, 0.6) is 0 Å². The van der Waals surface area contributed by atoms with Gasteiger partial charge in [0.25, 0.3) is 5.91 Å². The second-order valence-electron chi connectivity index (χ2n) is 9.75. The Bertz CT molecular complexity index is 882. The Hall–Kier alpha value is -1.84. The van der Waals surface area contributed by atoms with Gasteiger partial charge in [-0.2, -0.15) is 0 Å². The number of amides is 1. The minimum absolute atomic E-state index is 0.0135. The third-order valence-electron chi connectivity index (χ3n) is 7.28. The zero-order chi connectivity index (χ0) is 22.1. The van der Waals surface area contributed by atoms with E-state index in [2.05, 4.69) is 39.8 Å². The molecule has 1 saturated carbocycles. The topological polar surface area (TPSA) is 29.5 Å². The van der Waals surface area contributed by atoms with Gasteiger partial charge in [-0.25, -0.2) is 0 Å². The number of halogens is 1. The van der Waals surface area contributed by atoms with Gasteiger partial charge in [-0.15, -0.1) is 0 Å². The zero-order valence-electron chi connectivity index (χ0n) is 19.0. The summed E-state index contributed by atoms with van der Waals surface area (Å²) in [4.78, 5) is 15.4. The monoisotopic (exact) mass is 439 g/mol. The molecule has 2 aromatic carbocycles. The molecule has 1 amide bonds. The van der Waals surface area contributed by atoms with Gasteiger partial charge < -0.3 is 9.64 Å². The fourth-order valence-corrected chi connectivity index (χ4v) is 5.52.